The quantitative estimate of drug-likeness (QED) is 0.741. The summed E-state index contributed by atoms with van der Waals surface area (Å²) < 4.78 is 61.2. The van der Waals surface area contributed by atoms with Gasteiger partial charge in [-0.15, -0.1) is 0 Å². The lowest BCUT2D eigenvalue weighted by atomic mass is 10.2. The predicted molar refractivity (Wildman–Crippen MR) is 37.1 cm³/mol. The van der Waals surface area contributed by atoms with Gasteiger partial charge in [0, 0.05) is 0 Å². The van der Waals surface area contributed by atoms with E-state index in [2.05, 4.69) is 9.32 Å². The van der Waals surface area contributed by atoms with Crippen LogP contribution in [0.3, 0.4) is 0 Å². The van der Waals surface area contributed by atoms with Crippen LogP contribution in [-0.4, -0.2) is 26.6 Å². The molecule has 0 radical (unpaired) electrons. The Morgan fingerprint density at radius 3 is 2.00 bits per heavy atom. The van der Waals surface area contributed by atoms with Gasteiger partial charge in [-0.1, -0.05) is 0 Å². The lowest BCUT2D eigenvalue weighted by molar-refractivity contribution is -0.0284. The highest BCUT2D eigenvalue weighted by atomic mass is 32.2. The summed E-state index contributed by atoms with van der Waals surface area (Å²) >= 11 is 0. The van der Waals surface area contributed by atoms with Crippen molar-refractivity contribution in [3.63, 3.8) is 0 Å². The van der Waals surface area contributed by atoms with Gasteiger partial charge in [0.2, 0.25) is 0 Å². The minimum Gasteiger partial charge on any atom is -0.248 e. The molecule has 1 unspecified atom stereocenters. The second kappa shape index (κ2) is 3.10. The summed E-state index contributed by atoms with van der Waals surface area (Å²) in [4.78, 5) is 0. The smallest absolute Gasteiger partial charge is 0.248 e. The Morgan fingerprint density at radius 1 is 1.31 bits per heavy atom. The van der Waals surface area contributed by atoms with Crippen LogP contribution >= 0.6 is 0 Å². The summed E-state index contributed by atoms with van der Waals surface area (Å²) in [5.74, 6) is 0. The van der Waals surface area contributed by atoms with Crippen LogP contribution in [0.5, 0.6) is 0 Å². The van der Waals surface area contributed by atoms with Crippen molar-refractivity contribution < 1.29 is 25.8 Å². The highest BCUT2D eigenvalue weighted by Gasteiger charge is 2.58. The first-order chi connectivity index (χ1) is 5.77. The molecular weight excluding hydrogens is 211 g/mol. The largest absolute Gasteiger partial charge is 0.333 e. The van der Waals surface area contributed by atoms with Gasteiger partial charge in [0.15, 0.2) is 6.17 Å². The topological polar surface area (TPSA) is 69.4 Å². The maximum atomic E-state index is 12.7. The zero-order chi connectivity index (χ0) is 10.3. The van der Waals surface area contributed by atoms with Crippen LogP contribution in [0.15, 0.2) is 0 Å². The summed E-state index contributed by atoms with van der Waals surface area (Å²) in [6.45, 7) is 0. The molecule has 0 spiro atoms. The number of hydrogen-bond acceptors (Lipinski definition) is 3. The lowest BCUT2D eigenvalue weighted by Crippen LogP contribution is -2.37. The molecular formula is C5H8F3NO3S. The molecule has 78 valence electrons. The third-order valence-corrected chi connectivity index (χ3v) is 2.31. The predicted octanol–water partition coefficient (Wildman–Crippen LogP) is 0.342. The molecule has 8 heteroatoms. The monoisotopic (exact) mass is 219 g/mol. The Kier molecular flexibility index (Phi) is 2.56. The first-order valence-electron chi connectivity index (χ1n) is 3.42. The van der Waals surface area contributed by atoms with Gasteiger partial charge in [-0.3, -0.25) is 0 Å². The lowest BCUT2D eigenvalue weighted by Gasteiger charge is -2.17. The van der Waals surface area contributed by atoms with Gasteiger partial charge in [-0.05, 0) is 12.8 Å². The maximum Gasteiger partial charge on any atom is 0.333 e. The molecule has 4 nitrogen and oxygen atoms in total. The van der Waals surface area contributed by atoms with E-state index in [1.54, 1.807) is 0 Å². The van der Waals surface area contributed by atoms with E-state index < -0.39 is 28.5 Å². The molecule has 0 amide bonds. The van der Waals surface area contributed by atoms with Crippen molar-refractivity contribution in [3.05, 3.63) is 0 Å². The van der Waals surface area contributed by atoms with Gasteiger partial charge in [0.1, 0.15) is 5.60 Å². The number of alkyl halides is 3. The normalized spacial score (nSPS) is 23.2. The van der Waals surface area contributed by atoms with Crippen LogP contribution in [-0.2, 0) is 14.5 Å². The fourth-order valence-corrected chi connectivity index (χ4v) is 1.71. The summed E-state index contributed by atoms with van der Waals surface area (Å²) in [6.07, 6.45) is -5.99. The molecule has 0 bridgehead atoms. The Hall–Kier alpha value is -0.340. The molecule has 0 aliphatic heterocycles. The van der Waals surface area contributed by atoms with Crippen molar-refractivity contribution >= 4 is 10.3 Å². The molecule has 0 heterocycles. The molecule has 0 saturated heterocycles. The van der Waals surface area contributed by atoms with Crippen LogP contribution in [0.4, 0.5) is 13.2 Å². The van der Waals surface area contributed by atoms with Gasteiger partial charge < -0.3 is 0 Å². The van der Waals surface area contributed by atoms with Crippen molar-refractivity contribution in [2.24, 2.45) is 5.14 Å². The molecule has 13 heavy (non-hydrogen) atoms. The number of hydrogen-bond donors (Lipinski definition) is 1. The van der Waals surface area contributed by atoms with Gasteiger partial charge in [-0.2, -0.15) is 8.42 Å². The van der Waals surface area contributed by atoms with Crippen LogP contribution < -0.4 is 5.14 Å². The van der Waals surface area contributed by atoms with Gasteiger partial charge in [0.05, 0.1) is 0 Å². The SMILES string of the molecule is NS(=O)(=O)OC1(C(F)C(F)F)CC1. The van der Waals surface area contributed by atoms with E-state index >= 15 is 0 Å². The average molecular weight is 219 g/mol. The highest BCUT2D eigenvalue weighted by Crippen LogP contribution is 2.46. The maximum absolute atomic E-state index is 12.7. The van der Waals surface area contributed by atoms with Crippen LogP contribution in [0.2, 0.25) is 0 Å². The number of nitrogens with two attached hydrogens (primary N) is 1. The van der Waals surface area contributed by atoms with Crippen molar-refractivity contribution in [2.45, 2.75) is 31.0 Å². The van der Waals surface area contributed by atoms with E-state index in [0.717, 1.165) is 0 Å². The zero-order valence-corrected chi connectivity index (χ0v) is 7.23. The fraction of sp³-hybridized carbons (Fsp3) is 1.00. The standard InChI is InChI=1S/C5H8F3NO3S/c6-3(4(7)8)5(1-2-5)12-13(9,10)11/h3-4H,1-2H2,(H2,9,10,11). The minimum atomic E-state index is -4.37. The molecule has 1 aliphatic carbocycles. The Bertz CT molecular complexity index is 287. The Labute approximate surface area is 73.1 Å². The number of halogens is 3. The van der Waals surface area contributed by atoms with Crippen molar-refractivity contribution in [1.82, 2.24) is 0 Å². The molecule has 1 aliphatic rings. The van der Waals surface area contributed by atoms with E-state index in [1.807, 2.05) is 0 Å². The summed E-state index contributed by atoms with van der Waals surface area (Å²) in [5, 5.41) is 4.44. The van der Waals surface area contributed by atoms with E-state index in [9.17, 15) is 21.6 Å². The molecule has 1 saturated carbocycles. The third-order valence-electron chi connectivity index (χ3n) is 1.75. The highest BCUT2D eigenvalue weighted by molar-refractivity contribution is 7.84. The molecule has 0 aromatic carbocycles. The van der Waals surface area contributed by atoms with E-state index in [4.69, 9.17) is 0 Å². The second-order valence-electron chi connectivity index (χ2n) is 2.88. The van der Waals surface area contributed by atoms with Crippen LogP contribution in [0, 0.1) is 0 Å². The summed E-state index contributed by atoms with van der Waals surface area (Å²) in [5.41, 5.74) is -1.91. The van der Waals surface area contributed by atoms with E-state index in [-0.39, 0.29) is 12.8 Å². The van der Waals surface area contributed by atoms with Crippen molar-refractivity contribution in [2.75, 3.05) is 0 Å². The molecule has 0 aromatic heterocycles. The first kappa shape index (κ1) is 10.7. The Morgan fingerprint density at radius 2 is 1.77 bits per heavy atom. The Balaban J connectivity index is 2.68. The van der Waals surface area contributed by atoms with Crippen LogP contribution in [0.1, 0.15) is 12.8 Å². The summed E-state index contributed by atoms with van der Waals surface area (Å²) in [7, 11) is -4.37. The third kappa shape index (κ3) is 2.55. The first-order valence-corrected chi connectivity index (χ1v) is 4.89. The average Bonchev–Trinajstić information content (AvgIpc) is 2.64. The molecule has 2 N–H and O–H groups in total. The summed E-state index contributed by atoms with van der Waals surface area (Å²) in [6, 6.07) is 0. The van der Waals surface area contributed by atoms with Crippen molar-refractivity contribution in [3.8, 4) is 0 Å². The molecule has 1 fully saturated rings. The van der Waals surface area contributed by atoms with E-state index in [0.29, 0.717) is 0 Å². The molecule has 1 rings (SSSR count). The molecule has 1 atom stereocenters. The van der Waals surface area contributed by atoms with Crippen molar-refractivity contribution in [1.29, 1.82) is 0 Å². The fourth-order valence-electron chi connectivity index (χ4n) is 0.989. The zero-order valence-electron chi connectivity index (χ0n) is 6.41. The minimum absolute atomic E-state index is 0.0606. The van der Waals surface area contributed by atoms with E-state index in [1.165, 1.54) is 0 Å². The van der Waals surface area contributed by atoms with Gasteiger partial charge in [-0.25, -0.2) is 22.5 Å². The second-order valence-corrected chi connectivity index (χ2v) is 4.03. The van der Waals surface area contributed by atoms with Crippen LogP contribution in [0.25, 0.3) is 0 Å². The van der Waals surface area contributed by atoms with Gasteiger partial charge >= 0.3 is 10.3 Å². The molecule has 0 aromatic rings. The van der Waals surface area contributed by atoms with Gasteiger partial charge in [0.25, 0.3) is 6.43 Å². The number of rotatable bonds is 4.